The second-order valence-electron chi connectivity index (χ2n) is 4.22. The van der Waals surface area contributed by atoms with Gasteiger partial charge in [-0.25, -0.2) is 27.7 Å². The lowest BCUT2D eigenvalue weighted by molar-refractivity contribution is 0.140. The average molecular weight is 278 g/mol. The number of halogens is 3. The molecule has 0 N–H and O–H groups in total. The van der Waals surface area contributed by atoms with Gasteiger partial charge in [-0.1, -0.05) is 0 Å². The third-order valence-corrected chi connectivity index (χ3v) is 2.88. The molecule has 0 unspecified atom stereocenters. The Kier molecular flexibility index (Phi) is 2.89. The minimum Gasteiger partial charge on any atom is -0.240 e. The van der Waals surface area contributed by atoms with E-state index < -0.39 is 17.9 Å². The SMILES string of the molecule is Cc1nc(-c2ccc(F)c(C(F)F)n2)nn2cccc12. The van der Waals surface area contributed by atoms with Crippen LogP contribution in [0.1, 0.15) is 17.8 Å². The highest BCUT2D eigenvalue weighted by Gasteiger charge is 2.17. The van der Waals surface area contributed by atoms with Gasteiger partial charge in [0.1, 0.15) is 11.4 Å². The maximum atomic E-state index is 13.2. The fraction of sp³-hybridized carbons (Fsp3) is 0.154. The number of fused-ring (bicyclic) bond motifs is 1. The summed E-state index contributed by atoms with van der Waals surface area (Å²) in [5, 5.41) is 4.17. The van der Waals surface area contributed by atoms with Gasteiger partial charge in [0.05, 0.1) is 11.2 Å². The molecule has 7 heteroatoms. The maximum Gasteiger partial charge on any atom is 0.283 e. The van der Waals surface area contributed by atoms with Gasteiger partial charge in [0.2, 0.25) is 0 Å². The van der Waals surface area contributed by atoms with Gasteiger partial charge in [-0.2, -0.15) is 0 Å². The Morgan fingerprint density at radius 2 is 1.95 bits per heavy atom. The molecule has 0 bridgehead atoms. The summed E-state index contributed by atoms with van der Waals surface area (Å²) < 4.78 is 40.1. The first-order valence-corrected chi connectivity index (χ1v) is 5.83. The van der Waals surface area contributed by atoms with E-state index in [9.17, 15) is 13.2 Å². The molecule has 0 aliphatic heterocycles. The largest absolute Gasteiger partial charge is 0.283 e. The van der Waals surface area contributed by atoms with Gasteiger partial charge in [0.15, 0.2) is 11.6 Å². The summed E-state index contributed by atoms with van der Waals surface area (Å²) in [4.78, 5) is 7.82. The Balaban J connectivity index is 2.17. The summed E-state index contributed by atoms with van der Waals surface area (Å²) in [5.74, 6) is -0.865. The molecule has 4 nitrogen and oxygen atoms in total. The molecule has 0 aromatic carbocycles. The number of nitrogens with zero attached hydrogens (tertiary/aromatic N) is 4. The number of aromatic nitrogens is 4. The Morgan fingerprint density at radius 1 is 1.15 bits per heavy atom. The van der Waals surface area contributed by atoms with E-state index in [0.29, 0.717) is 5.69 Å². The molecule has 102 valence electrons. The molecule has 3 aromatic heterocycles. The standard InChI is InChI=1S/C13H9F3N4/c1-7-10-3-2-6-20(10)19-13(17-7)9-5-4-8(14)11(18-9)12(15)16/h2-6,12H,1H3. The van der Waals surface area contributed by atoms with Gasteiger partial charge in [-0.05, 0) is 31.2 Å². The molecule has 0 saturated heterocycles. The van der Waals surface area contributed by atoms with E-state index in [4.69, 9.17) is 0 Å². The second kappa shape index (κ2) is 4.59. The predicted octanol–water partition coefficient (Wildman–Crippen LogP) is 3.18. The fourth-order valence-electron chi connectivity index (χ4n) is 1.93. The van der Waals surface area contributed by atoms with E-state index in [-0.39, 0.29) is 11.5 Å². The number of hydrogen-bond donors (Lipinski definition) is 0. The number of aryl methyl sites for hydroxylation is 1. The molecule has 0 aliphatic carbocycles. The zero-order valence-electron chi connectivity index (χ0n) is 10.4. The smallest absolute Gasteiger partial charge is 0.240 e. The molecule has 0 atom stereocenters. The fourth-order valence-corrected chi connectivity index (χ4v) is 1.93. The van der Waals surface area contributed by atoms with Crippen molar-refractivity contribution in [3.05, 3.63) is 47.7 Å². The van der Waals surface area contributed by atoms with Crippen molar-refractivity contribution in [2.75, 3.05) is 0 Å². The Labute approximate surface area is 111 Å². The first-order valence-electron chi connectivity index (χ1n) is 5.83. The van der Waals surface area contributed by atoms with Crippen molar-refractivity contribution in [2.45, 2.75) is 13.3 Å². The van der Waals surface area contributed by atoms with Crippen molar-refractivity contribution < 1.29 is 13.2 Å². The van der Waals surface area contributed by atoms with Crippen molar-refractivity contribution in [2.24, 2.45) is 0 Å². The van der Waals surface area contributed by atoms with Gasteiger partial charge in [0, 0.05) is 6.20 Å². The first-order chi connectivity index (χ1) is 9.56. The Morgan fingerprint density at radius 3 is 2.70 bits per heavy atom. The van der Waals surface area contributed by atoms with E-state index in [0.717, 1.165) is 11.6 Å². The highest BCUT2D eigenvalue weighted by atomic mass is 19.3. The second-order valence-corrected chi connectivity index (χ2v) is 4.22. The summed E-state index contributed by atoms with van der Waals surface area (Å²) >= 11 is 0. The lowest BCUT2D eigenvalue weighted by Gasteiger charge is -2.06. The molecule has 3 heterocycles. The van der Waals surface area contributed by atoms with Crippen LogP contribution in [0, 0.1) is 12.7 Å². The van der Waals surface area contributed by atoms with Crippen molar-refractivity contribution in [1.82, 2.24) is 19.6 Å². The van der Waals surface area contributed by atoms with Crippen molar-refractivity contribution >= 4 is 5.52 Å². The molecule has 20 heavy (non-hydrogen) atoms. The number of rotatable bonds is 2. The van der Waals surface area contributed by atoms with Crippen LogP contribution in [0.5, 0.6) is 0 Å². The molecule has 0 amide bonds. The summed E-state index contributed by atoms with van der Waals surface area (Å²) in [6.45, 7) is 1.78. The van der Waals surface area contributed by atoms with E-state index in [2.05, 4.69) is 15.1 Å². The van der Waals surface area contributed by atoms with Crippen LogP contribution in [0.3, 0.4) is 0 Å². The molecule has 0 spiro atoms. The topological polar surface area (TPSA) is 43.1 Å². The first kappa shape index (κ1) is 12.6. The van der Waals surface area contributed by atoms with Gasteiger partial charge in [-0.3, -0.25) is 0 Å². The van der Waals surface area contributed by atoms with E-state index in [1.165, 1.54) is 6.07 Å². The Bertz CT molecular complexity index is 782. The van der Waals surface area contributed by atoms with Crippen LogP contribution in [0.15, 0.2) is 30.5 Å². The monoisotopic (exact) mass is 278 g/mol. The van der Waals surface area contributed by atoms with Gasteiger partial charge < -0.3 is 0 Å². The molecule has 0 fully saturated rings. The zero-order chi connectivity index (χ0) is 14.3. The number of pyridine rings is 1. The minimum atomic E-state index is -2.98. The summed E-state index contributed by atoms with van der Waals surface area (Å²) in [6, 6.07) is 5.86. The van der Waals surface area contributed by atoms with Crippen LogP contribution in [-0.4, -0.2) is 19.6 Å². The zero-order valence-corrected chi connectivity index (χ0v) is 10.4. The molecule has 0 radical (unpaired) electrons. The lowest BCUT2D eigenvalue weighted by atomic mass is 10.2. The third-order valence-electron chi connectivity index (χ3n) is 2.88. The van der Waals surface area contributed by atoms with Crippen molar-refractivity contribution in [3.8, 4) is 11.5 Å². The average Bonchev–Trinajstić information content (AvgIpc) is 2.87. The highest BCUT2D eigenvalue weighted by Crippen LogP contribution is 2.23. The summed E-state index contributed by atoms with van der Waals surface area (Å²) in [6.07, 6.45) is -1.27. The quantitative estimate of drug-likeness (QED) is 0.723. The van der Waals surface area contributed by atoms with Crippen molar-refractivity contribution in [3.63, 3.8) is 0 Å². The molecular formula is C13H9F3N4. The van der Waals surface area contributed by atoms with Gasteiger partial charge in [-0.15, -0.1) is 5.10 Å². The van der Waals surface area contributed by atoms with E-state index >= 15 is 0 Å². The van der Waals surface area contributed by atoms with Crippen LogP contribution >= 0.6 is 0 Å². The molecular weight excluding hydrogens is 269 g/mol. The van der Waals surface area contributed by atoms with Crippen LogP contribution in [0.4, 0.5) is 13.2 Å². The van der Waals surface area contributed by atoms with Crippen molar-refractivity contribution in [1.29, 1.82) is 0 Å². The molecule has 3 rings (SSSR count). The van der Waals surface area contributed by atoms with E-state index in [1.807, 2.05) is 6.07 Å². The van der Waals surface area contributed by atoms with E-state index in [1.54, 1.807) is 23.7 Å². The summed E-state index contributed by atoms with van der Waals surface area (Å²) in [5.41, 5.74) is 0.714. The van der Waals surface area contributed by atoms with Gasteiger partial charge in [0.25, 0.3) is 6.43 Å². The minimum absolute atomic E-state index is 0.111. The maximum absolute atomic E-state index is 13.2. The number of hydrogen-bond acceptors (Lipinski definition) is 3. The molecule has 3 aromatic rings. The van der Waals surface area contributed by atoms with Crippen LogP contribution < -0.4 is 0 Å². The van der Waals surface area contributed by atoms with Gasteiger partial charge >= 0.3 is 0 Å². The molecule has 0 saturated carbocycles. The highest BCUT2D eigenvalue weighted by molar-refractivity contribution is 5.56. The third kappa shape index (κ3) is 2.01. The van der Waals surface area contributed by atoms with Crippen LogP contribution in [-0.2, 0) is 0 Å². The Hall–Kier alpha value is -2.44. The predicted molar refractivity (Wildman–Crippen MR) is 65.9 cm³/mol. The van der Waals surface area contributed by atoms with Crippen LogP contribution in [0.2, 0.25) is 0 Å². The lowest BCUT2D eigenvalue weighted by Crippen LogP contribution is -2.03. The molecule has 0 aliphatic rings. The normalized spacial score (nSPS) is 11.4. The van der Waals surface area contributed by atoms with Crippen LogP contribution in [0.25, 0.3) is 17.0 Å². The number of alkyl halides is 2. The summed E-state index contributed by atoms with van der Waals surface area (Å²) in [7, 11) is 0.